The van der Waals surface area contributed by atoms with E-state index in [-0.39, 0.29) is 16.2 Å². The molecule has 0 aliphatic rings. The number of carbonyl (C=O) groups excluding carboxylic acids is 1. The van der Waals surface area contributed by atoms with Crippen LogP contribution in [0.15, 0.2) is 22.7 Å². The zero-order valence-corrected chi connectivity index (χ0v) is 12.7. The van der Waals surface area contributed by atoms with Gasteiger partial charge < -0.3 is 15.0 Å². The van der Waals surface area contributed by atoms with Gasteiger partial charge in [-0.15, -0.1) is 0 Å². The summed E-state index contributed by atoms with van der Waals surface area (Å²) < 4.78 is 18.6. The van der Waals surface area contributed by atoms with Crippen LogP contribution in [0.25, 0.3) is 0 Å². The van der Waals surface area contributed by atoms with Crippen molar-refractivity contribution < 1.29 is 13.9 Å². The van der Waals surface area contributed by atoms with Crippen LogP contribution in [0.4, 0.5) is 4.39 Å². The van der Waals surface area contributed by atoms with E-state index in [2.05, 4.69) is 21.2 Å². The molecule has 0 atom stereocenters. The third kappa shape index (κ3) is 6.13. The number of ether oxygens (including phenoxy) is 1. The summed E-state index contributed by atoms with van der Waals surface area (Å²) in [6.07, 6.45) is 0. The highest BCUT2D eigenvalue weighted by molar-refractivity contribution is 9.10. The molecule has 1 amide bonds. The van der Waals surface area contributed by atoms with E-state index in [1.165, 1.54) is 18.2 Å². The van der Waals surface area contributed by atoms with Gasteiger partial charge in [0.2, 0.25) is 0 Å². The lowest BCUT2D eigenvalue weighted by Gasteiger charge is -2.10. The fourth-order valence-electron chi connectivity index (χ4n) is 1.33. The summed E-state index contributed by atoms with van der Waals surface area (Å²) in [5.74, 6) is -0.625. The summed E-state index contributed by atoms with van der Waals surface area (Å²) in [6.45, 7) is 2.37. The second kappa shape index (κ2) is 8.24. The minimum absolute atomic E-state index is 0.239. The summed E-state index contributed by atoms with van der Waals surface area (Å²) in [6, 6.07) is 4.16. The number of nitrogens with zero attached hydrogens (tertiary/aromatic N) is 1. The first-order chi connectivity index (χ1) is 9.00. The number of halogens is 2. The van der Waals surface area contributed by atoms with Gasteiger partial charge in [0.25, 0.3) is 5.91 Å². The minimum Gasteiger partial charge on any atom is -0.378 e. The van der Waals surface area contributed by atoms with Crippen molar-refractivity contribution in [3.63, 3.8) is 0 Å². The average Bonchev–Trinajstić information content (AvgIpc) is 2.36. The molecule has 0 radical (unpaired) electrons. The van der Waals surface area contributed by atoms with E-state index in [1.807, 2.05) is 19.0 Å². The molecule has 1 rings (SSSR count). The van der Waals surface area contributed by atoms with Gasteiger partial charge in [-0.2, -0.15) is 0 Å². The van der Waals surface area contributed by atoms with Gasteiger partial charge in [0.1, 0.15) is 5.82 Å². The molecule has 1 aromatic carbocycles. The predicted octanol–water partition coefficient (Wildman–Crippen LogP) is 1.90. The largest absolute Gasteiger partial charge is 0.378 e. The van der Waals surface area contributed by atoms with Gasteiger partial charge in [0.15, 0.2) is 0 Å². The van der Waals surface area contributed by atoms with Crippen LogP contribution in [0.3, 0.4) is 0 Å². The summed E-state index contributed by atoms with van der Waals surface area (Å²) in [5, 5.41) is 2.71. The van der Waals surface area contributed by atoms with E-state index >= 15 is 0 Å². The molecule has 6 heteroatoms. The average molecular weight is 333 g/mol. The molecule has 0 unspecified atom stereocenters. The van der Waals surface area contributed by atoms with Crippen LogP contribution >= 0.6 is 15.9 Å². The van der Waals surface area contributed by atoms with E-state index in [9.17, 15) is 9.18 Å². The van der Waals surface area contributed by atoms with E-state index in [4.69, 9.17) is 4.74 Å². The predicted molar refractivity (Wildman–Crippen MR) is 75.8 cm³/mol. The highest BCUT2D eigenvalue weighted by atomic mass is 79.9. The van der Waals surface area contributed by atoms with Crippen LogP contribution in [0.5, 0.6) is 0 Å². The Morgan fingerprint density at radius 2 is 2.16 bits per heavy atom. The first-order valence-electron chi connectivity index (χ1n) is 5.96. The first-order valence-corrected chi connectivity index (χ1v) is 6.75. The van der Waals surface area contributed by atoms with E-state index in [0.29, 0.717) is 25.3 Å². The third-order valence-corrected chi connectivity index (χ3v) is 3.00. The van der Waals surface area contributed by atoms with Crippen molar-refractivity contribution in [1.29, 1.82) is 0 Å². The molecule has 0 saturated heterocycles. The SMILES string of the molecule is CN(C)CCOCCNC(=O)c1ccc(F)c(Br)c1. The topological polar surface area (TPSA) is 41.6 Å². The van der Waals surface area contributed by atoms with Crippen LogP contribution < -0.4 is 5.32 Å². The molecule has 4 nitrogen and oxygen atoms in total. The number of likely N-dealkylation sites (N-methyl/N-ethyl adjacent to an activating group) is 1. The van der Waals surface area contributed by atoms with Crippen LogP contribution in [0.2, 0.25) is 0 Å². The molecular formula is C13H18BrFN2O2. The van der Waals surface area contributed by atoms with Crippen LogP contribution in [0.1, 0.15) is 10.4 Å². The van der Waals surface area contributed by atoms with Crippen molar-refractivity contribution in [3.8, 4) is 0 Å². The van der Waals surface area contributed by atoms with Crippen LogP contribution in [0, 0.1) is 5.82 Å². The Morgan fingerprint density at radius 1 is 1.42 bits per heavy atom. The monoisotopic (exact) mass is 332 g/mol. The van der Waals surface area contributed by atoms with Crippen LogP contribution in [-0.2, 0) is 4.74 Å². The van der Waals surface area contributed by atoms with Crippen molar-refractivity contribution in [1.82, 2.24) is 10.2 Å². The molecule has 1 N–H and O–H groups in total. The van der Waals surface area contributed by atoms with Gasteiger partial charge >= 0.3 is 0 Å². The zero-order valence-electron chi connectivity index (χ0n) is 11.1. The lowest BCUT2D eigenvalue weighted by atomic mass is 10.2. The Balaban J connectivity index is 2.26. The minimum atomic E-state index is -0.386. The van der Waals surface area contributed by atoms with Gasteiger partial charge in [-0.25, -0.2) is 4.39 Å². The molecular weight excluding hydrogens is 315 g/mol. The number of carbonyl (C=O) groups is 1. The number of nitrogens with one attached hydrogen (secondary N) is 1. The van der Waals surface area contributed by atoms with Gasteiger partial charge in [-0.05, 0) is 48.2 Å². The maximum absolute atomic E-state index is 13.0. The molecule has 0 aliphatic heterocycles. The number of hydrogen-bond acceptors (Lipinski definition) is 3. The highest BCUT2D eigenvalue weighted by Crippen LogP contribution is 2.16. The smallest absolute Gasteiger partial charge is 0.251 e. The number of rotatable bonds is 7. The number of amides is 1. The molecule has 0 bridgehead atoms. The highest BCUT2D eigenvalue weighted by Gasteiger charge is 2.07. The summed E-state index contributed by atoms with van der Waals surface area (Å²) in [7, 11) is 3.94. The van der Waals surface area contributed by atoms with Gasteiger partial charge in [-0.3, -0.25) is 4.79 Å². The normalized spacial score (nSPS) is 10.8. The Hall–Kier alpha value is -0.980. The summed E-state index contributed by atoms with van der Waals surface area (Å²) in [5.41, 5.74) is 0.418. The van der Waals surface area contributed by atoms with Crippen molar-refractivity contribution in [3.05, 3.63) is 34.1 Å². The molecule has 1 aromatic rings. The van der Waals surface area contributed by atoms with Crippen molar-refractivity contribution in [2.75, 3.05) is 40.4 Å². The van der Waals surface area contributed by atoms with E-state index in [0.717, 1.165) is 6.54 Å². The van der Waals surface area contributed by atoms with Crippen LogP contribution in [-0.4, -0.2) is 51.2 Å². The van der Waals surface area contributed by atoms with E-state index in [1.54, 1.807) is 0 Å². The molecule has 0 spiro atoms. The molecule has 0 aliphatic carbocycles. The first kappa shape index (κ1) is 16.1. The lowest BCUT2D eigenvalue weighted by molar-refractivity contribution is 0.0900. The van der Waals surface area contributed by atoms with Crippen molar-refractivity contribution in [2.45, 2.75) is 0 Å². The Bertz CT molecular complexity index is 427. The second-order valence-electron chi connectivity index (χ2n) is 4.30. The summed E-state index contributed by atoms with van der Waals surface area (Å²) in [4.78, 5) is 13.8. The Kier molecular flexibility index (Phi) is 6.97. The Morgan fingerprint density at radius 3 is 2.79 bits per heavy atom. The van der Waals surface area contributed by atoms with Gasteiger partial charge in [0, 0.05) is 18.7 Å². The second-order valence-corrected chi connectivity index (χ2v) is 5.15. The molecule has 19 heavy (non-hydrogen) atoms. The lowest BCUT2D eigenvalue weighted by Crippen LogP contribution is -2.28. The number of hydrogen-bond donors (Lipinski definition) is 1. The molecule has 0 aromatic heterocycles. The van der Waals surface area contributed by atoms with E-state index < -0.39 is 0 Å². The molecule has 0 fully saturated rings. The zero-order chi connectivity index (χ0) is 14.3. The standard InChI is InChI=1S/C13H18BrFN2O2/c1-17(2)6-8-19-7-5-16-13(18)10-3-4-12(15)11(14)9-10/h3-4,9H,5-8H2,1-2H3,(H,16,18). The van der Waals surface area contributed by atoms with Gasteiger partial charge in [0.05, 0.1) is 17.7 Å². The van der Waals surface area contributed by atoms with Crippen molar-refractivity contribution in [2.24, 2.45) is 0 Å². The fraction of sp³-hybridized carbons (Fsp3) is 0.462. The molecule has 0 heterocycles. The Labute approximate surface area is 121 Å². The third-order valence-electron chi connectivity index (χ3n) is 2.40. The molecule has 0 saturated carbocycles. The van der Waals surface area contributed by atoms with Crippen molar-refractivity contribution >= 4 is 21.8 Å². The fourth-order valence-corrected chi connectivity index (χ4v) is 1.70. The maximum Gasteiger partial charge on any atom is 0.251 e. The maximum atomic E-state index is 13.0. The van der Waals surface area contributed by atoms with Gasteiger partial charge in [-0.1, -0.05) is 0 Å². The quantitative estimate of drug-likeness (QED) is 0.775. The number of benzene rings is 1. The summed E-state index contributed by atoms with van der Waals surface area (Å²) >= 11 is 3.05. The molecule has 106 valence electrons.